The van der Waals surface area contributed by atoms with Crippen LogP contribution in [0.2, 0.25) is 10.0 Å². The molecule has 2 aromatic carbocycles. The minimum absolute atomic E-state index is 0.0744. The maximum absolute atomic E-state index is 15.6. The number of anilines is 1. The fourth-order valence-electron chi connectivity index (χ4n) is 5.49. The van der Waals surface area contributed by atoms with Gasteiger partial charge in [0.25, 0.3) is 0 Å². The Labute approximate surface area is 215 Å². The minimum atomic E-state index is -1.29. The van der Waals surface area contributed by atoms with E-state index >= 15 is 4.39 Å². The van der Waals surface area contributed by atoms with Crippen LogP contribution in [0.1, 0.15) is 65.0 Å². The highest BCUT2D eigenvalue weighted by Crippen LogP contribution is 2.57. The molecule has 8 heteroatoms. The third-order valence-corrected chi connectivity index (χ3v) is 7.13. The number of rotatable bonds is 3. The fraction of sp³-hybridized carbons (Fsp3) is 0.481. The first-order valence-electron chi connectivity index (χ1n) is 11.7. The van der Waals surface area contributed by atoms with Crippen LogP contribution >= 0.6 is 23.2 Å². The standard InChI is InChI=1S/C27H31Cl2FN2O3/c1-25(2,3)13-19-27(16-11-10-14(28)12-18(16)31-24(27)34)20(15-8-7-9-17(29)21(15)30)22(32-19)23(33)35-26(4,5)6/h7-12,19-20,22,32H,13H2,1-6H3,(H,31,34)/t19-,20-,22+,27+/m0/s1. The van der Waals surface area contributed by atoms with Crippen LogP contribution in [0.25, 0.3) is 0 Å². The second-order valence-corrected chi connectivity index (χ2v) is 12.5. The molecule has 5 nitrogen and oxygen atoms in total. The topological polar surface area (TPSA) is 67.4 Å². The third-order valence-electron chi connectivity index (χ3n) is 6.60. The van der Waals surface area contributed by atoms with E-state index in [4.69, 9.17) is 27.9 Å². The molecular weight excluding hydrogens is 490 g/mol. The van der Waals surface area contributed by atoms with Gasteiger partial charge in [-0.3, -0.25) is 14.9 Å². The lowest BCUT2D eigenvalue weighted by molar-refractivity contribution is -0.157. The molecule has 1 amide bonds. The van der Waals surface area contributed by atoms with Gasteiger partial charge in [0.2, 0.25) is 5.91 Å². The quantitative estimate of drug-likeness (QED) is 0.471. The van der Waals surface area contributed by atoms with Gasteiger partial charge >= 0.3 is 5.97 Å². The maximum atomic E-state index is 15.6. The van der Waals surface area contributed by atoms with E-state index in [1.165, 1.54) is 6.07 Å². The van der Waals surface area contributed by atoms with Crippen LogP contribution in [0.5, 0.6) is 0 Å². The van der Waals surface area contributed by atoms with Gasteiger partial charge in [-0.05, 0) is 61.9 Å². The second kappa shape index (κ2) is 8.75. The second-order valence-electron chi connectivity index (χ2n) is 11.6. The van der Waals surface area contributed by atoms with E-state index < -0.39 is 40.8 Å². The first-order chi connectivity index (χ1) is 16.1. The molecule has 2 aliphatic rings. The normalized spacial score (nSPS) is 26.1. The summed E-state index contributed by atoms with van der Waals surface area (Å²) in [7, 11) is 0. The van der Waals surface area contributed by atoms with Gasteiger partial charge in [0, 0.05) is 22.7 Å². The van der Waals surface area contributed by atoms with Crippen LogP contribution in [-0.4, -0.2) is 29.6 Å². The number of esters is 1. The average Bonchev–Trinajstić information content (AvgIpc) is 3.17. The average molecular weight is 521 g/mol. The van der Waals surface area contributed by atoms with Crippen LogP contribution in [0.3, 0.4) is 0 Å². The van der Waals surface area contributed by atoms with Crippen molar-refractivity contribution < 1.29 is 18.7 Å². The SMILES string of the molecule is CC(C)(C)C[C@@H]1N[C@@H](C(=O)OC(C)(C)C)[C@H](c2cccc(Cl)c2F)[C@]12C(=O)Nc1cc(Cl)ccc12. The van der Waals surface area contributed by atoms with Crippen molar-refractivity contribution in [3.63, 3.8) is 0 Å². The molecule has 1 spiro atoms. The number of fused-ring (bicyclic) bond motifs is 2. The van der Waals surface area contributed by atoms with Crippen molar-refractivity contribution in [3.8, 4) is 0 Å². The monoisotopic (exact) mass is 520 g/mol. The Morgan fingerprint density at radius 3 is 2.43 bits per heavy atom. The molecule has 0 saturated carbocycles. The number of hydrogen-bond acceptors (Lipinski definition) is 4. The zero-order valence-electron chi connectivity index (χ0n) is 20.8. The van der Waals surface area contributed by atoms with Gasteiger partial charge in [-0.25, -0.2) is 4.39 Å². The Morgan fingerprint density at radius 2 is 1.80 bits per heavy atom. The van der Waals surface area contributed by atoms with Gasteiger partial charge < -0.3 is 10.1 Å². The van der Waals surface area contributed by atoms with Crippen molar-refractivity contribution >= 4 is 40.8 Å². The molecule has 0 unspecified atom stereocenters. The highest BCUT2D eigenvalue weighted by atomic mass is 35.5. The minimum Gasteiger partial charge on any atom is -0.459 e. The van der Waals surface area contributed by atoms with Crippen LogP contribution in [0.4, 0.5) is 10.1 Å². The summed E-state index contributed by atoms with van der Waals surface area (Å²) in [6.07, 6.45) is 0.542. The third kappa shape index (κ3) is 4.56. The zero-order chi connectivity index (χ0) is 25.9. The number of amides is 1. The molecule has 0 aromatic heterocycles. The van der Waals surface area contributed by atoms with Crippen LogP contribution in [0.15, 0.2) is 36.4 Å². The fourth-order valence-corrected chi connectivity index (χ4v) is 5.85. The van der Waals surface area contributed by atoms with Gasteiger partial charge in [-0.15, -0.1) is 0 Å². The summed E-state index contributed by atoms with van der Waals surface area (Å²) in [5.41, 5.74) is -0.852. The molecule has 35 heavy (non-hydrogen) atoms. The molecule has 2 aliphatic heterocycles. The predicted octanol–water partition coefficient (Wildman–Crippen LogP) is 6.22. The Morgan fingerprint density at radius 1 is 1.11 bits per heavy atom. The van der Waals surface area contributed by atoms with E-state index in [1.807, 2.05) is 0 Å². The summed E-state index contributed by atoms with van der Waals surface area (Å²) in [6, 6.07) is 8.38. The first kappa shape index (κ1) is 25.9. The van der Waals surface area contributed by atoms with Crippen LogP contribution in [-0.2, 0) is 19.7 Å². The van der Waals surface area contributed by atoms with Crippen molar-refractivity contribution in [1.29, 1.82) is 0 Å². The number of halogens is 3. The molecule has 0 aliphatic carbocycles. The molecule has 2 N–H and O–H groups in total. The van der Waals surface area contributed by atoms with Crippen molar-refractivity contribution in [2.75, 3.05) is 5.32 Å². The molecule has 4 atom stereocenters. The molecular formula is C27H31Cl2FN2O3. The lowest BCUT2D eigenvalue weighted by Gasteiger charge is -2.37. The summed E-state index contributed by atoms with van der Waals surface area (Å²) < 4.78 is 21.4. The van der Waals surface area contributed by atoms with Crippen molar-refractivity contribution in [2.45, 2.75) is 77.0 Å². The van der Waals surface area contributed by atoms with E-state index in [1.54, 1.807) is 51.1 Å². The smallest absolute Gasteiger partial charge is 0.324 e. The Hall–Kier alpha value is -2.15. The van der Waals surface area contributed by atoms with Gasteiger partial charge in [0.05, 0.1) is 5.02 Å². The molecule has 2 aromatic rings. The summed E-state index contributed by atoms with van der Waals surface area (Å²) in [4.78, 5) is 27.6. The van der Waals surface area contributed by atoms with Crippen LogP contribution < -0.4 is 10.6 Å². The highest BCUT2D eigenvalue weighted by Gasteiger charge is 2.66. The summed E-state index contributed by atoms with van der Waals surface area (Å²) in [6.45, 7) is 11.5. The number of hydrogen-bond donors (Lipinski definition) is 2. The summed E-state index contributed by atoms with van der Waals surface area (Å²) >= 11 is 12.4. The lowest BCUT2D eigenvalue weighted by atomic mass is 9.62. The number of carbonyl (C=O) groups excluding carboxylic acids is 2. The number of ether oxygens (including phenoxy) is 1. The first-order valence-corrected chi connectivity index (χ1v) is 12.4. The largest absolute Gasteiger partial charge is 0.459 e. The zero-order valence-corrected chi connectivity index (χ0v) is 22.3. The van der Waals surface area contributed by atoms with E-state index in [0.717, 1.165) is 0 Å². The number of carbonyl (C=O) groups is 2. The molecule has 2 heterocycles. The van der Waals surface area contributed by atoms with Gasteiger partial charge in [0.1, 0.15) is 22.9 Å². The van der Waals surface area contributed by atoms with Crippen molar-refractivity contribution in [2.24, 2.45) is 5.41 Å². The number of nitrogens with one attached hydrogen (secondary N) is 2. The molecule has 1 fully saturated rings. The Balaban J connectivity index is 2.01. The summed E-state index contributed by atoms with van der Waals surface area (Å²) in [5, 5.41) is 6.75. The predicted molar refractivity (Wildman–Crippen MR) is 137 cm³/mol. The Kier molecular flexibility index (Phi) is 6.48. The maximum Gasteiger partial charge on any atom is 0.324 e. The lowest BCUT2D eigenvalue weighted by Crippen LogP contribution is -2.49. The molecule has 0 radical (unpaired) electrons. The van der Waals surface area contributed by atoms with Gasteiger partial charge in [-0.1, -0.05) is 62.2 Å². The molecule has 1 saturated heterocycles. The highest BCUT2D eigenvalue weighted by molar-refractivity contribution is 6.31. The van der Waals surface area contributed by atoms with Gasteiger partial charge in [0.15, 0.2) is 0 Å². The molecule has 0 bridgehead atoms. The van der Waals surface area contributed by atoms with Crippen molar-refractivity contribution in [1.82, 2.24) is 5.32 Å². The van der Waals surface area contributed by atoms with E-state index in [2.05, 4.69) is 31.4 Å². The van der Waals surface area contributed by atoms with E-state index in [-0.39, 0.29) is 21.9 Å². The van der Waals surface area contributed by atoms with Gasteiger partial charge in [-0.2, -0.15) is 0 Å². The molecule has 4 rings (SSSR count). The summed E-state index contributed by atoms with van der Waals surface area (Å²) in [5.74, 6) is -2.42. The molecule has 188 valence electrons. The van der Waals surface area contributed by atoms with Crippen LogP contribution in [0, 0.1) is 11.2 Å². The van der Waals surface area contributed by atoms with E-state index in [0.29, 0.717) is 22.7 Å². The number of benzene rings is 2. The Bertz CT molecular complexity index is 1190. The van der Waals surface area contributed by atoms with Crippen molar-refractivity contribution in [3.05, 3.63) is 63.4 Å². The van der Waals surface area contributed by atoms with E-state index in [9.17, 15) is 9.59 Å².